The maximum atomic E-state index is 12.4. The number of hydrogen-bond acceptors (Lipinski definition) is 6. The van der Waals surface area contributed by atoms with Crippen molar-refractivity contribution < 1.29 is 23.9 Å². The highest BCUT2D eigenvalue weighted by Crippen LogP contribution is 2.23. The monoisotopic (exact) mass is 448 g/mol. The van der Waals surface area contributed by atoms with E-state index in [1.165, 1.54) is 4.90 Å². The van der Waals surface area contributed by atoms with Crippen LogP contribution in [0.15, 0.2) is 65.7 Å². The standard InChI is InChI=1S/C24H24N4O5/c1-28(2)21(29)14-32-22(30)12-15-3-4-18-13-20(10-7-17(18)11-15)33-23(31)16-5-8-19(9-6-16)27-24(25)26/h3-11,13H,12,14H2,1-2H3,(H4,25,26,27). The summed E-state index contributed by atoms with van der Waals surface area (Å²) >= 11 is 0. The van der Waals surface area contributed by atoms with Crippen LogP contribution in [0.25, 0.3) is 10.8 Å². The molecule has 0 bridgehead atoms. The maximum absolute atomic E-state index is 12.4. The molecular formula is C24H24N4O5. The van der Waals surface area contributed by atoms with Gasteiger partial charge in [0.25, 0.3) is 5.91 Å². The van der Waals surface area contributed by atoms with Crippen molar-refractivity contribution in [2.24, 2.45) is 16.5 Å². The summed E-state index contributed by atoms with van der Waals surface area (Å²) in [6.07, 6.45) is 0.0449. The number of nitrogens with zero attached hydrogens (tertiary/aromatic N) is 2. The van der Waals surface area contributed by atoms with Gasteiger partial charge in [-0.05, 0) is 52.7 Å². The number of hydrogen-bond donors (Lipinski definition) is 2. The fraction of sp³-hybridized carbons (Fsp3) is 0.167. The molecule has 0 radical (unpaired) electrons. The first-order valence-electron chi connectivity index (χ1n) is 10.0. The van der Waals surface area contributed by atoms with Crippen LogP contribution in [0, 0.1) is 0 Å². The van der Waals surface area contributed by atoms with E-state index in [1.807, 2.05) is 12.1 Å². The lowest BCUT2D eigenvalue weighted by atomic mass is 10.0. The highest BCUT2D eigenvalue weighted by molar-refractivity contribution is 5.93. The van der Waals surface area contributed by atoms with Gasteiger partial charge in [-0.3, -0.25) is 9.59 Å². The first-order valence-corrected chi connectivity index (χ1v) is 10.0. The van der Waals surface area contributed by atoms with E-state index in [9.17, 15) is 14.4 Å². The Labute approximate surface area is 190 Å². The van der Waals surface area contributed by atoms with Gasteiger partial charge in [0.15, 0.2) is 12.6 Å². The van der Waals surface area contributed by atoms with Crippen molar-refractivity contribution in [1.29, 1.82) is 0 Å². The minimum atomic E-state index is -0.516. The van der Waals surface area contributed by atoms with Crippen LogP contribution >= 0.6 is 0 Å². The van der Waals surface area contributed by atoms with Gasteiger partial charge in [0.1, 0.15) is 5.75 Å². The molecule has 0 spiro atoms. The summed E-state index contributed by atoms with van der Waals surface area (Å²) in [5, 5.41) is 1.70. The van der Waals surface area contributed by atoms with Gasteiger partial charge in [0.2, 0.25) is 0 Å². The molecule has 0 aliphatic rings. The van der Waals surface area contributed by atoms with Crippen LogP contribution in [0.2, 0.25) is 0 Å². The summed E-state index contributed by atoms with van der Waals surface area (Å²) < 4.78 is 10.5. The van der Waals surface area contributed by atoms with E-state index in [2.05, 4.69) is 4.99 Å². The molecule has 0 unspecified atom stereocenters. The first kappa shape index (κ1) is 23.3. The Kier molecular flexibility index (Phi) is 7.24. The number of carbonyl (C=O) groups excluding carboxylic acids is 3. The summed E-state index contributed by atoms with van der Waals surface area (Å²) in [5.41, 5.74) is 12.3. The Hall–Kier alpha value is -4.40. The van der Waals surface area contributed by atoms with Gasteiger partial charge in [-0.15, -0.1) is 0 Å². The summed E-state index contributed by atoms with van der Waals surface area (Å²) in [7, 11) is 3.19. The van der Waals surface area contributed by atoms with E-state index in [-0.39, 0.29) is 24.9 Å². The predicted octanol–water partition coefficient (Wildman–Crippen LogP) is 2.14. The van der Waals surface area contributed by atoms with Gasteiger partial charge in [0.05, 0.1) is 17.7 Å². The number of fused-ring (bicyclic) bond motifs is 1. The zero-order chi connectivity index (χ0) is 24.0. The van der Waals surface area contributed by atoms with Crippen molar-refractivity contribution >= 4 is 40.3 Å². The smallest absolute Gasteiger partial charge is 0.343 e. The third kappa shape index (κ3) is 6.54. The lowest BCUT2D eigenvalue weighted by molar-refractivity contribution is -0.150. The first-order chi connectivity index (χ1) is 15.7. The van der Waals surface area contributed by atoms with Crippen LogP contribution in [0.5, 0.6) is 5.75 Å². The van der Waals surface area contributed by atoms with E-state index >= 15 is 0 Å². The Bertz CT molecular complexity index is 1220. The summed E-state index contributed by atoms with van der Waals surface area (Å²) in [6, 6.07) is 17.0. The van der Waals surface area contributed by atoms with Crippen LogP contribution in [-0.4, -0.2) is 49.4 Å². The molecule has 0 saturated carbocycles. The summed E-state index contributed by atoms with van der Waals surface area (Å²) in [5.74, 6) is -0.969. The number of aliphatic imine (C=N–C) groups is 1. The van der Waals surface area contributed by atoms with Crippen LogP contribution in [0.1, 0.15) is 15.9 Å². The minimum Gasteiger partial charge on any atom is -0.455 e. The second-order valence-electron chi connectivity index (χ2n) is 7.44. The molecule has 3 aromatic rings. The highest BCUT2D eigenvalue weighted by Gasteiger charge is 2.12. The summed E-state index contributed by atoms with van der Waals surface area (Å²) in [4.78, 5) is 41.2. The zero-order valence-electron chi connectivity index (χ0n) is 18.3. The van der Waals surface area contributed by atoms with Crippen LogP contribution in [-0.2, 0) is 20.7 Å². The fourth-order valence-electron chi connectivity index (χ4n) is 2.92. The average molecular weight is 448 g/mol. The molecule has 0 atom stereocenters. The van der Waals surface area contributed by atoms with Crippen LogP contribution in [0.4, 0.5) is 5.69 Å². The lowest BCUT2D eigenvalue weighted by Gasteiger charge is -2.10. The quantitative estimate of drug-likeness (QED) is 0.244. The highest BCUT2D eigenvalue weighted by atomic mass is 16.5. The third-order valence-corrected chi connectivity index (χ3v) is 4.65. The molecule has 9 heteroatoms. The van der Waals surface area contributed by atoms with E-state index in [1.54, 1.807) is 62.6 Å². The molecule has 0 aromatic heterocycles. The van der Waals surface area contributed by atoms with Gasteiger partial charge in [0, 0.05) is 14.1 Å². The number of nitrogens with two attached hydrogens (primary N) is 2. The van der Waals surface area contributed by atoms with E-state index in [0.717, 1.165) is 16.3 Å². The number of amides is 1. The van der Waals surface area contributed by atoms with Crippen molar-refractivity contribution in [1.82, 2.24) is 4.90 Å². The molecule has 0 fully saturated rings. The SMILES string of the molecule is CN(C)C(=O)COC(=O)Cc1ccc2cc(OC(=O)c3ccc(N=C(N)N)cc3)ccc2c1. The average Bonchev–Trinajstić information content (AvgIpc) is 2.77. The van der Waals surface area contributed by atoms with Crippen molar-refractivity contribution in [3.8, 4) is 5.75 Å². The molecule has 170 valence electrons. The topological polar surface area (TPSA) is 137 Å². The largest absolute Gasteiger partial charge is 0.455 e. The maximum Gasteiger partial charge on any atom is 0.343 e. The predicted molar refractivity (Wildman–Crippen MR) is 124 cm³/mol. The van der Waals surface area contributed by atoms with Gasteiger partial charge in [-0.1, -0.05) is 24.3 Å². The Morgan fingerprint density at radius 3 is 2.24 bits per heavy atom. The minimum absolute atomic E-state index is 0.0449. The molecule has 0 aliphatic carbocycles. The number of likely N-dealkylation sites (N-methyl/N-ethyl adjacent to an activating group) is 1. The van der Waals surface area contributed by atoms with E-state index < -0.39 is 11.9 Å². The van der Waals surface area contributed by atoms with Gasteiger partial charge >= 0.3 is 11.9 Å². The molecule has 0 saturated heterocycles. The second-order valence-corrected chi connectivity index (χ2v) is 7.44. The van der Waals surface area contributed by atoms with Crippen LogP contribution in [0.3, 0.4) is 0 Å². The Morgan fingerprint density at radius 2 is 1.58 bits per heavy atom. The van der Waals surface area contributed by atoms with Crippen molar-refractivity contribution in [3.63, 3.8) is 0 Å². The molecule has 1 amide bonds. The molecular weight excluding hydrogens is 424 g/mol. The number of carbonyl (C=O) groups is 3. The third-order valence-electron chi connectivity index (χ3n) is 4.65. The number of rotatable bonds is 7. The van der Waals surface area contributed by atoms with Gasteiger partial charge < -0.3 is 25.8 Å². The molecule has 9 nitrogen and oxygen atoms in total. The fourth-order valence-corrected chi connectivity index (χ4v) is 2.92. The van der Waals surface area contributed by atoms with Gasteiger partial charge in [-0.2, -0.15) is 0 Å². The van der Waals surface area contributed by atoms with Crippen LogP contribution < -0.4 is 16.2 Å². The molecule has 0 aliphatic heterocycles. The normalized spacial score (nSPS) is 10.4. The lowest BCUT2D eigenvalue weighted by Crippen LogP contribution is -2.27. The Balaban J connectivity index is 1.64. The number of guanidine groups is 1. The van der Waals surface area contributed by atoms with Crippen molar-refractivity contribution in [2.45, 2.75) is 6.42 Å². The molecule has 3 aromatic carbocycles. The summed E-state index contributed by atoms with van der Waals surface area (Å²) in [6.45, 7) is -0.287. The molecule has 3 rings (SSSR count). The molecule has 4 N–H and O–H groups in total. The molecule has 33 heavy (non-hydrogen) atoms. The zero-order valence-corrected chi connectivity index (χ0v) is 18.3. The Morgan fingerprint density at radius 1 is 0.909 bits per heavy atom. The van der Waals surface area contributed by atoms with Crippen molar-refractivity contribution in [2.75, 3.05) is 20.7 Å². The van der Waals surface area contributed by atoms with E-state index in [0.29, 0.717) is 17.0 Å². The second kappa shape index (κ2) is 10.3. The van der Waals surface area contributed by atoms with Gasteiger partial charge in [-0.25, -0.2) is 9.79 Å². The number of benzene rings is 3. The number of ether oxygens (including phenoxy) is 2. The number of esters is 2. The molecule has 0 heterocycles. The van der Waals surface area contributed by atoms with E-state index in [4.69, 9.17) is 20.9 Å². The van der Waals surface area contributed by atoms with Crippen molar-refractivity contribution in [3.05, 3.63) is 71.8 Å².